The molecule has 100 valence electrons. The van der Waals surface area contributed by atoms with Crippen LogP contribution in [0.2, 0.25) is 0 Å². The van der Waals surface area contributed by atoms with Crippen LogP contribution in [0, 0.1) is 0 Å². The molecule has 3 heteroatoms. The van der Waals surface area contributed by atoms with Gasteiger partial charge in [0.25, 0.3) is 0 Å². The minimum Gasteiger partial charge on any atom is -0.508 e. The molecule has 0 aliphatic rings. The maximum Gasteiger partial charge on any atom is 0.115 e. The molecule has 0 aromatic heterocycles. The zero-order chi connectivity index (χ0) is 14.6. The van der Waals surface area contributed by atoms with Crippen molar-refractivity contribution in [2.24, 2.45) is 0 Å². The van der Waals surface area contributed by atoms with E-state index in [1.807, 2.05) is 12.9 Å². The van der Waals surface area contributed by atoms with Crippen LogP contribution in [0.5, 0.6) is 5.75 Å². The molecule has 1 N–H and O–H groups in total. The summed E-state index contributed by atoms with van der Waals surface area (Å²) in [5.41, 5.74) is 0. The summed E-state index contributed by atoms with van der Waals surface area (Å²) < 4.78 is 4.90. The van der Waals surface area contributed by atoms with E-state index in [1.165, 1.54) is 0 Å². The first-order chi connectivity index (χ1) is 8.81. The van der Waals surface area contributed by atoms with Crippen molar-refractivity contribution in [1.29, 1.82) is 0 Å². The lowest BCUT2D eigenvalue weighted by Gasteiger charge is -1.89. The third-order valence-corrected chi connectivity index (χ3v) is 1.23. The summed E-state index contributed by atoms with van der Waals surface area (Å²) in [5, 5.41) is 8.63. The molecule has 0 radical (unpaired) electrons. The molecule has 0 fully saturated rings. The largest absolute Gasteiger partial charge is 0.508 e. The Labute approximate surface area is 110 Å². The van der Waals surface area contributed by atoms with Crippen LogP contribution in [0.4, 0.5) is 0 Å². The van der Waals surface area contributed by atoms with Crippen LogP contribution in [0.3, 0.4) is 0 Å². The second-order valence-electron chi connectivity index (χ2n) is 2.45. The lowest BCUT2D eigenvalue weighted by Crippen LogP contribution is -1.87. The molecule has 0 unspecified atom stereocenters. The molecule has 0 saturated heterocycles. The van der Waals surface area contributed by atoms with Gasteiger partial charge < -0.3 is 14.6 Å². The van der Waals surface area contributed by atoms with Crippen LogP contribution in [0.25, 0.3) is 0 Å². The van der Waals surface area contributed by atoms with Crippen LogP contribution in [-0.4, -0.2) is 25.1 Å². The molecule has 0 heterocycles. The first-order valence-electron chi connectivity index (χ1n) is 5.13. The molecule has 18 heavy (non-hydrogen) atoms. The van der Waals surface area contributed by atoms with Gasteiger partial charge in [0, 0.05) is 0 Å². The van der Waals surface area contributed by atoms with E-state index in [2.05, 4.69) is 26.3 Å². The number of rotatable bonds is 4. The summed E-state index contributed by atoms with van der Waals surface area (Å²) in [4.78, 5) is 8.00. The number of ether oxygens (including phenoxy) is 1. The lowest BCUT2D eigenvalue weighted by molar-refractivity contribution is -0.0979. The summed E-state index contributed by atoms with van der Waals surface area (Å²) in [7, 11) is 0. The molecule has 0 saturated carbocycles. The minimum atomic E-state index is 0.322. The Hall–Kier alpha value is -2.13. The molecule has 0 amide bonds. The first kappa shape index (κ1) is 21.2. The fourth-order valence-electron chi connectivity index (χ4n) is 0.663. The minimum absolute atomic E-state index is 0.322. The van der Waals surface area contributed by atoms with E-state index in [0.717, 1.165) is 0 Å². The number of phenols is 1. The number of para-hydroxylation sites is 1. The average molecular weight is 250 g/mol. The van der Waals surface area contributed by atoms with Gasteiger partial charge in [0.15, 0.2) is 0 Å². The van der Waals surface area contributed by atoms with Gasteiger partial charge in [-0.25, -0.2) is 0 Å². The van der Waals surface area contributed by atoms with E-state index in [1.54, 1.807) is 36.4 Å². The van der Waals surface area contributed by atoms with Gasteiger partial charge in [-0.3, -0.25) is 0 Å². The van der Waals surface area contributed by atoms with E-state index >= 15 is 0 Å². The number of hydrogen-bond donors (Lipinski definition) is 1. The molecular formula is C15H22O3. The van der Waals surface area contributed by atoms with Crippen LogP contribution in [0.15, 0.2) is 68.8 Å². The fraction of sp³-hybridized carbons (Fsp3) is 0.133. The lowest BCUT2D eigenvalue weighted by atomic mass is 10.3. The number of phenolic OH excluding ortho intramolecular Hbond substituents is 1. The molecular weight excluding hydrogens is 228 g/mol. The molecule has 0 spiro atoms. The molecule has 0 aliphatic heterocycles. The normalized spacial score (nSPS) is 6.89. The van der Waals surface area contributed by atoms with Crippen molar-refractivity contribution in [3.05, 3.63) is 68.8 Å². The zero-order valence-corrected chi connectivity index (χ0v) is 10.8. The van der Waals surface area contributed by atoms with Gasteiger partial charge in [0.05, 0.1) is 13.2 Å². The average Bonchev–Trinajstić information content (AvgIpc) is 2.45. The second kappa shape index (κ2) is 24.2. The van der Waals surface area contributed by atoms with E-state index in [9.17, 15) is 0 Å². The number of carbonyl (C=O) groups excluding carboxylic acids is 1. The van der Waals surface area contributed by atoms with Crippen molar-refractivity contribution < 1.29 is 14.6 Å². The van der Waals surface area contributed by atoms with Gasteiger partial charge in [0.2, 0.25) is 0 Å². The highest BCUT2D eigenvalue weighted by molar-refractivity contribution is 5.18. The smallest absolute Gasteiger partial charge is 0.115 e. The van der Waals surface area contributed by atoms with Gasteiger partial charge in [-0.2, -0.15) is 0 Å². The Morgan fingerprint density at radius 1 is 1.00 bits per heavy atom. The van der Waals surface area contributed by atoms with Gasteiger partial charge in [-0.05, 0) is 12.1 Å². The Morgan fingerprint density at radius 2 is 1.39 bits per heavy atom. The summed E-state index contributed by atoms with van der Waals surface area (Å²) >= 11 is 0. The highest BCUT2D eigenvalue weighted by atomic mass is 16.5. The highest BCUT2D eigenvalue weighted by Crippen LogP contribution is 2.02. The van der Waals surface area contributed by atoms with Crippen molar-refractivity contribution in [2.75, 3.05) is 13.2 Å². The van der Waals surface area contributed by atoms with Crippen molar-refractivity contribution in [3.63, 3.8) is 0 Å². The highest BCUT2D eigenvalue weighted by Gasteiger charge is 1.74. The second-order valence-corrected chi connectivity index (χ2v) is 2.45. The predicted molar refractivity (Wildman–Crippen MR) is 77.7 cm³/mol. The van der Waals surface area contributed by atoms with Crippen LogP contribution in [0.1, 0.15) is 0 Å². The molecule has 0 atom stereocenters. The Kier molecular flexibility index (Phi) is 28.5. The molecule has 1 rings (SSSR count). The number of aromatic hydroxyl groups is 1. The third-order valence-electron chi connectivity index (χ3n) is 1.23. The summed E-state index contributed by atoms with van der Waals surface area (Å²) in [6.07, 6.45) is 3.42. The summed E-state index contributed by atoms with van der Waals surface area (Å²) in [6, 6.07) is 8.71. The Balaban J connectivity index is -0.000000196. The van der Waals surface area contributed by atoms with Crippen LogP contribution >= 0.6 is 0 Å². The molecule has 1 aromatic carbocycles. The van der Waals surface area contributed by atoms with Crippen molar-refractivity contribution >= 4 is 6.79 Å². The summed E-state index contributed by atoms with van der Waals surface area (Å²) in [5.74, 6) is 0.322. The van der Waals surface area contributed by atoms with Gasteiger partial charge >= 0.3 is 0 Å². The van der Waals surface area contributed by atoms with Crippen molar-refractivity contribution in [2.45, 2.75) is 0 Å². The third kappa shape index (κ3) is 23.6. The van der Waals surface area contributed by atoms with E-state index in [-0.39, 0.29) is 0 Å². The maximum atomic E-state index is 8.63. The standard InChI is InChI=1S/C6H6O.C6H10O.C2H4.CH2O/c7-6-4-2-1-3-5-6;1-3-5-7-6-4-2;2*1-2/h1-5,7H;3-4H,1-2,5-6H2;1-2H2;1H2. The van der Waals surface area contributed by atoms with Crippen molar-refractivity contribution in [3.8, 4) is 5.75 Å². The SMILES string of the molecule is C=C.C=CCOCC=C.C=O.Oc1ccccc1. The van der Waals surface area contributed by atoms with Gasteiger partial charge in [-0.15, -0.1) is 26.3 Å². The van der Waals surface area contributed by atoms with E-state index in [4.69, 9.17) is 14.6 Å². The molecule has 0 bridgehead atoms. The fourth-order valence-corrected chi connectivity index (χ4v) is 0.663. The number of benzene rings is 1. The van der Waals surface area contributed by atoms with Gasteiger partial charge in [-0.1, -0.05) is 30.4 Å². The van der Waals surface area contributed by atoms with Crippen molar-refractivity contribution in [1.82, 2.24) is 0 Å². The number of carbonyl (C=O) groups is 1. The monoisotopic (exact) mass is 250 g/mol. The van der Waals surface area contributed by atoms with E-state index in [0.29, 0.717) is 19.0 Å². The molecule has 3 nitrogen and oxygen atoms in total. The Morgan fingerprint density at radius 3 is 1.61 bits per heavy atom. The Bertz CT molecular complexity index is 260. The predicted octanol–water partition coefficient (Wildman–Crippen LogP) is 3.38. The summed E-state index contributed by atoms with van der Waals surface area (Å²) in [6.45, 7) is 16.2. The quantitative estimate of drug-likeness (QED) is 0.658. The molecule has 1 aromatic rings. The maximum absolute atomic E-state index is 8.63. The van der Waals surface area contributed by atoms with Crippen LogP contribution in [-0.2, 0) is 9.53 Å². The van der Waals surface area contributed by atoms with E-state index < -0.39 is 0 Å². The van der Waals surface area contributed by atoms with Crippen LogP contribution < -0.4 is 0 Å². The number of hydrogen-bond acceptors (Lipinski definition) is 3. The zero-order valence-electron chi connectivity index (χ0n) is 10.8. The first-order valence-corrected chi connectivity index (χ1v) is 5.13. The topological polar surface area (TPSA) is 46.5 Å². The molecule has 0 aliphatic carbocycles. The van der Waals surface area contributed by atoms with Gasteiger partial charge in [0.1, 0.15) is 12.5 Å².